The number of hydrogen-bond donors (Lipinski definition) is 3. The largest absolute Gasteiger partial charge is 0.459 e. The van der Waals surface area contributed by atoms with Gasteiger partial charge in [-0.25, -0.2) is 0 Å². The van der Waals surface area contributed by atoms with E-state index >= 15 is 0 Å². The van der Waals surface area contributed by atoms with Gasteiger partial charge in [-0.1, -0.05) is 19.3 Å². The van der Waals surface area contributed by atoms with E-state index in [-0.39, 0.29) is 5.91 Å². The number of nitrogens with one attached hydrogen (secondary N) is 3. The lowest BCUT2D eigenvalue weighted by molar-refractivity contribution is 0.0277. The maximum atomic E-state index is 12.0. The fraction of sp³-hybridized carbons (Fsp3) is 0.714. The minimum Gasteiger partial charge on any atom is -0.459 e. The van der Waals surface area contributed by atoms with Crippen LogP contribution in [0.3, 0.4) is 0 Å². The summed E-state index contributed by atoms with van der Waals surface area (Å²) in [5, 5.41) is 9.46. The molecule has 1 aromatic heterocycles. The summed E-state index contributed by atoms with van der Waals surface area (Å²) in [6, 6.07) is 1.79. The monoisotopic (exact) mass is 392 g/mol. The molecule has 1 fully saturated rings. The first kappa shape index (κ1) is 22.3. The van der Waals surface area contributed by atoms with Gasteiger partial charge in [0.05, 0.1) is 12.4 Å². The van der Waals surface area contributed by atoms with Gasteiger partial charge in [0.15, 0.2) is 11.7 Å². The Morgan fingerprint density at radius 3 is 2.68 bits per heavy atom. The van der Waals surface area contributed by atoms with Gasteiger partial charge in [0.1, 0.15) is 0 Å². The SMILES string of the molecule is CCNC(=NCCCNC(=O)c1occc1C)NCCCOC1CCCCC1. The average Bonchev–Trinajstić information content (AvgIpc) is 3.14. The number of guanidine groups is 1. The van der Waals surface area contributed by atoms with Crippen LogP contribution in [-0.2, 0) is 4.74 Å². The van der Waals surface area contributed by atoms with Crippen LogP contribution < -0.4 is 16.0 Å². The number of carbonyl (C=O) groups excluding carboxylic acids is 1. The Hall–Kier alpha value is -2.02. The van der Waals surface area contributed by atoms with E-state index in [0.29, 0.717) is 25.0 Å². The number of amides is 1. The van der Waals surface area contributed by atoms with Gasteiger partial charge < -0.3 is 25.1 Å². The number of furan rings is 1. The molecule has 0 spiro atoms. The van der Waals surface area contributed by atoms with Crippen LogP contribution >= 0.6 is 0 Å². The van der Waals surface area contributed by atoms with E-state index in [1.807, 2.05) is 6.92 Å². The molecule has 7 nitrogen and oxygen atoms in total. The van der Waals surface area contributed by atoms with Crippen LogP contribution in [0.2, 0.25) is 0 Å². The number of aryl methyl sites for hydroxylation is 1. The molecule has 1 aromatic rings. The topological polar surface area (TPSA) is 87.9 Å². The molecule has 3 N–H and O–H groups in total. The molecule has 2 rings (SSSR count). The first-order valence-corrected chi connectivity index (χ1v) is 10.7. The fourth-order valence-electron chi connectivity index (χ4n) is 3.26. The van der Waals surface area contributed by atoms with Crippen LogP contribution in [0.5, 0.6) is 0 Å². The van der Waals surface area contributed by atoms with Crippen molar-refractivity contribution in [2.45, 2.75) is 64.9 Å². The molecule has 1 saturated carbocycles. The van der Waals surface area contributed by atoms with Crippen LogP contribution in [0.15, 0.2) is 21.7 Å². The fourth-order valence-corrected chi connectivity index (χ4v) is 3.26. The number of rotatable bonds is 11. The molecular weight excluding hydrogens is 356 g/mol. The molecule has 0 bridgehead atoms. The standard InChI is InChI=1S/C21H36N4O3/c1-3-22-21(25-14-8-15-27-18-9-5-4-6-10-18)24-13-7-12-23-20(26)19-17(2)11-16-28-19/h11,16,18H,3-10,12-15H2,1-2H3,(H,23,26)(H2,22,24,25). The van der Waals surface area contributed by atoms with Crippen LogP contribution in [0, 0.1) is 6.92 Å². The van der Waals surface area contributed by atoms with E-state index in [0.717, 1.165) is 44.1 Å². The third kappa shape index (κ3) is 8.33. The summed E-state index contributed by atoms with van der Waals surface area (Å²) in [7, 11) is 0. The van der Waals surface area contributed by atoms with Gasteiger partial charge in [-0.05, 0) is 45.6 Å². The Bertz CT molecular complexity index is 594. The van der Waals surface area contributed by atoms with Crippen LogP contribution in [0.25, 0.3) is 0 Å². The minimum atomic E-state index is -0.172. The smallest absolute Gasteiger partial charge is 0.287 e. The number of hydrogen-bond acceptors (Lipinski definition) is 4. The number of nitrogens with zero attached hydrogens (tertiary/aromatic N) is 1. The Kier molecular flexibility index (Phi) is 10.5. The predicted molar refractivity (Wildman–Crippen MR) is 112 cm³/mol. The summed E-state index contributed by atoms with van der Waals surface area (Å²) >= 11 is 0. The lowest BCUT2D eigenvalue weighted by Crippen LogP contribution is -2.38. The van der Waals surface area contributed by atoms with Gasteiger partial charge in [0.2, 0.25) is 0 Å². The zero-order chi connectivity index (χ0) is 20.0. The maximum Gasteiger partial charge on any atom is 0.287 e. The molecule has 1 heterocycles. The van der Waals surface area contributed by atoms with Crippen molar-refractivity contribution in [2.24, 2.45) is 4.99 Å². The normalized spacial score (nSPS) is 15.4. The average molecular weight is 393 g/mol. The van der Waals surface area contributed by atoms with Gasteiger partial charge >= 0.3 is 0 Å². The van der Waals surface area contributed by atoms with Crippen molar-refractivity contribution < 1.29 is 13.9 Å². The van der Waals surface area contributed by atoms with Crippen molar-refractivity contribution in [1.82, 2.24) is 16.0 Å². The molecule has 158 valence electrons. The Balaban J connectivity index is 1.56. The summed E-state index contributed by atoms with van der Waals surface area (Å²) < 4.78 is 11.1. The minimum absolute atomic E-state index is 0.172. The number of ether oxygens (including phenoxy) is 1. The number of carbonyl (C=O) groups is 1. The van der Waals surface area contributed by atoms with E-state index in [1.165, 1.54) is 38.4 Å². The van der Waals surface area contributed by atoms with Crippen molar-refractivity contribution in [3.05, 3.63) is 23.7 Å². The van der Waals surface area contributed by atoms with Crippen LogP contribution in [0.4, 0.5) is 0 Å². The van der Waals surface area contributed by atoms with Crippen molar-refractivity contribution in [2.75, 3.05) is 32.8 Å². The van der Waals surface area contributed by atoms with Crippen LogP contribution in [0.1, 0.15) is 68.0 Å². The molecule has 1 amide bonds. The molecule has 0 unspecified atom stereocenters. The third-order valence-corrected chi connectivity index (χ3v) is 4.82. The van der Waals surface area contributed by atoms with Gasteiger partial charge in [0.25, 0.3) is 5.91 Å². The summed E-state index contributed by atoms with van der Waals surface area (Å²) in [4.78, 5) is 16.5. The second kappa shape index (κ2) is 13.2. The van der Waals surface area contributed by atoms with E-state index in [9.17, 15) is 4.79 Å². The van der Waals surface area contributed by atoms with Gasteiger partial charge in [0, 0.05) is 38.3 Å². The molecular formula is C21H36N4O3. The highest BCUT2D eigenvalue weighted by Gasteiger charge is 2.13. The Labute approximate surface area is 168 Å². The molecule has 0 saturated heterocycles. The zero-order valence-electron chi connectivity index (χ0n) is 17.4. The summed E-state index contributed by atoms with van der Waals surface area (Å²) in [5.41, 5.74) is 0.849. The Morgan fingerprint density at radius 1 is 1.18 bits per heavy atom. The van der Waals surface area contributed by atoms with Gasteiger partial charge in [-0.2, -0.15) is 0 Å². The zero-order valence-corrected chi connectivity index (χ0v) is 17.4. The summed E-state index contributed by atoms with van der Waals surface area (Å²) in [6.45, 7) is 7.58. The lowest BCUT2D eigenvalue weighted by atomic mass is 9.98. The maximum absolute atomic E-state index is 12.0. The third-order valence-electron chi connectivity index (χ3n) is 4.82. The Morgan fingerprint density at radius 2 is 1.96 bits per heavy atom. The van der Waals surface area contributed by atoms with E-state index in [4.69, 9.17) is 9.15 Å². The highest BCUT2D eigenvalue weighted by Crippen LogP contribution is 2.20. The van der Waals surface area contributed by atoms with E-state index in [2.05, 4.69) is 27.9 Å². The van der Waals surface area contributed by atoms with Crippen molar-refractivity contribution >= 4 is 11.9 Å². The van der Waals surface area contributed by atoms with Gasteiger partial charge in [-0.3, -0.25) is 9.79 Å². The quantitative estimate of drug-likeness (QED) is 0.306. The molecule has 7 heteroatoms. The van der Waals surface area contributed by atoms with Crippen LogP contribution in [-0.4, -0.2) is 50.8 Å². The first-order valence-electron chi connectivity index (χ1n) is 10.7. The van der Waals surface area contributed by atoms with E-state index in [1.54, 1.807) is 6.07 Å². The second-order valence-electron chi connectivity index (χ2n) is 7.21. The first-order chi connectivity index (χ1) is 13.7. The van der Waals surface area contributed by atoms with Gasteiger partial charge in [-0.15, -0.1) is 0 Å². The molecule has 0 radical (unpaired) electrons. The predicted octanol–water partition coefficient (Wildman–Crippen LogP) is 3.00. The van der Waals surface area contributed by atoms with Crippen molar-refractivity contribution in [3.8, 4) is 0 Å². The highest BCUT2D eigenvalue weighted by molar-refractivity contribution is 5.92. The number of aliphatic imine (C=N–C) groups is 1. The van der Waals surface area contributed by atoms with E-state index < -0.39 is 0 Å². The highest BCUT2D eigenvalue weighted by atomic mass is 16.5. The molecule has 28 heavy (non-hydrogen) atoms. The lowest BCUT2D eigenvalue weighted by Gasteiger charge is -2.22. The summed E-state index contributed by atoms with van der Waals surface area (Å²) in [5.74, 6) is 1.02. The molecule has 1 aliphatic carbocycles. The summed E-state index contributed by atoms with van der Waals surface area (Å²) in [6.07, 6.45) is 10.1. The molecule has 0 aliphatic heterocycles. The second-order valence-corrected chi connectivity index (χ2v) is 7.21. The molecule has 0 atom stereocenters. The van der Waals surface area contributed by atoms with Crippen molar-refractivity contribution in [3.63, 3.8) is 0 Å². The molecule has 1 aliphatic rings. The van der Waals surface area contributed by atoms with Crippen molar-refractivity contribution in [1.29, 1.82) is 0 Å². The molecule has 0 aromatic carbocycles.